The van der Waals surface area contributed by atoms with E-state index in [1.54, 1.807) is 12.1 Å². The van der Waals surface area contributed by atoms with Crippen LogP contribution >= 0.6 is 22.6 Å². The summed E-state index contributed by atoms with van der Waals surface area (Å²) in [5.41, 5.74) is 2.32. The molecule has 0 radical (unpaired) electrons. The van der Waals surface area contributed by atoms with E-state index in [2.05, 4.69) is 27.9 Å². The Morgan fingerprint density at radius 1 is 0.815 bits per heavy atom. The quantitative estimate of drug-likeness (QED) is 0.422. The van der Waals surface area contributed by atoms with Gasteiger partial charge in [-0.2, -0.15) is 0 Å². The van der Waals surface area contributed by atoms with E-state index in [4.69, 9.17) is 4.74 Å². The maximum atomic E-state index is 12.7. The Kier molecular flexibility index (Phi) is 6.59. The number of rotatable bonds is 6. The Balaban J connectivity index is 1.68. The van der Waals surface area contributed by atoms with Gasteiger partial charge in [0.25, 0.3) is 5.91 Å². The first-order chi connectivity index (χ1) is 13.1. The van der Waals surface area contributed by atoms with E-state index in [9.17, 15) is 9.59 Å². The van der Waals surface area contributed by atoms with E-state index in [1.807, 2.05) is 72.8 Å². The molecule has 0 aliphatic rings. The molecular weight excluding hydrogens is 453 g/mol. The molecule has 136 valence electrons. The summed E-state index contributed by atoms with van der Waals surface area (Å²) in [6.07, 6.45) is 0. The van der Waals surface area contributed by atoms with Crippen molar-refractivity contribution in [3.8, 4) is 0 Å². The van der Waals surface area contributed by atoms with Crippen molar-refractivity contribution in [3.63, 3.8) is 0 Å². The summed E-state index contributed by atoms with van der Waals surface area (Å²) in [6, 6.07) is 26.2. The van der Waals surface area contributed by atoms with Crippen LogP contribution in [0.5, 0.6) is 0 Å². The number of carbonyl (C=O) groups excluding carboxylic acids is 2. The second-order valence-electron chi connectivity index (χ2n) is 5.92. The SMILES string of the molecule is O=C(COC(=O)C(c1ccccc1)c1ccccc1)Nc1ccc(I)cc1. The normalized spacial score (nSPS) is 10.4. The highest BCUT2D eigenvalue weighted by atomic mass is 127. The van der Waals surface area contributed by atoms with Crippen LogP contribution in [0.15, 0.2) is 84.9 Å². The third-order valence-corrected chi connectivity index (χ3v) is 4.69. The number of hydrogen-bond donors (Lipinski definition) is 1. The van der Waals surface area contributed by atoms with Gasteiger partial charge in [-0.1, -0.05) is 60.7 Å². The van der Waals surface area contributed by atoms with Crippen LogP contribution in [0.25, 0.3) is 0 Å². The van der Waals surface area contributed by atoms with Gasteiger partial charge in [-0.25, -0.2) is 0 Å². The summed E-state index contributed by atoms with van der Waals surface area (Å²) >= 11 is 2.19. The molecule has 0 bridgehead atoms. The molecular formula is C22H18INO3. The van der Waals surface area contributed by atoms with Gasteiger partial charge in [0.2, 0.25) is 0 Å². The molecule has 0 aliphatic heterocycles. The molecule has 27 heavy (non-hydrogen) atoms. The third kappa shape index (κ3) is 5.40. The average Bonchev–Trinajstić information content (AvgIpc) is 2.70. The first-order valence-corrected chi connectivity index (χ1v) is 9.53. The molecule has 4 nitrogen and oxygen atoms in total. The van der Waals surface area contributed by atoms with Crippen LogP contribution in [0.3, 0.4) is 0 Å². The number of ether oxygens (including phenoxy) is 1. The van der Waals surface area contributed by atoms with Gasteiger partial charge >= 0.3 is 5.97 Å². The van der Waals surface area contributed by atoms with E-state index in [0.717, 1.165) is 14.7 Å². The highest BCUT2D eigenvalue weighted by Crippen LogP contribution is 2.26. The van der Waals surface area contributed by atoms with Crippen molar-refractivity contribution >= 4 is 40.2 Å². The van der Waals surface area contributed by atoms with Gasteiger partial charge in [-0.15, -0.1) is 0 Å². The second-order valence-corrected chi connectivity index (χ2v) is 7.16. The molecule has 0 heterocycles. The van der Waals surface area contributed by atoms with Crippen LogP contribution in [0, 0.1) is 3.57 Å². The van der Waals surface area contributed by atoms with Crippen molar-refractivity contribution < 1.29 is 14.3 Å². The lowest BCUT2D eigenvalue weighted by atomic mass is 9.91. The number of hydrogen-bond acceptors (Lipinski definition) is 3. The Hall–Kier alpha value is -2.67. The summed E-state index contributed by atoms with van der Waals surface area (Å²) in [5.74, 6) is -1.40. The monoisotopic (exact) mass is 471 g/mol. The second kappa shape index (κ2) is 9.32. The number of anilines is 1. The van der Waals surface area contributed by atoms with Crippen LogP contribution in [0.1, 0.15) is 17.0 Å². The van der Waals surface area contributed by atoms with Crippen molar-refractivity contribution in [3.05, 3.63) is 99.6 Å². The molecule has 0 spiro atoms. The fourth-order valence-electron chi connectivity index (χ4n) is 2.71. The largest absolute Gasteiger partial charge is 0.455 e. The van der Waals surface area contributed by atoms with Crippen molar-refractivity contribution in [1.82, 2.24) is 0 Å². The van der Waals surface area contributed by atoms with Crippen LogP contribution in [0.4, 0.5) is 5.69 Å². The van der Waals surface area contributed by atoms with Gasteiger partial charge in [0.15, 0.2) is 6.61 Å². The van der Waals surface area contributed by atoms with E-state index >= 15 is 0 Å². The van der Waals surface area contributed by atoms with Gasteiger partial charge in [0, 0.05) is 9.26 Å². The first kappa shape index (κ1) is 19.1. The third-order valence-electron chi connectivity index (χ3n) is 3.98. The van der Waals surface area contributed by atoms with Crippen molar-refractivity contribution in [2.45, 2.75) is 5.92 Å². The zero-order valence-corrected chi connectivity index (χ0v) is 16.6. The molecule has 0 fully saturated rings. The molecule has 0 aliphatic carbocycles. The van der Waals surface area contributed by atoms with Crippen molar-refractivity contribution in [1.29, 1.82) is 0 Å². The fourth-order valence-corrected chi connectivity index (χ4v) is 3.07. The number of esters is 1. The lowest BCUT2D eigenvalue weighted by molar-refractivity contribution is -0.147. The van der Waals surface area contributed by atoms with Crippen molar-refractivity contribution in [2.75, 3.05) is 11.9 Å². The molecule has 3 aromatic rings. The summed E-state index contributed by atoms with van der Waals surface area (Å²) in [5, 5.41) is 2.72. The van der Waals surface area contributed by atoms with Crippen molar-refractivity contribution in [2.24, 2.45) is 0 Å². The molecule has 3 rings (SSSR count). The Labute approximate surface area is 171 Å². The van der Waals surface area contributed by atoms with E-state index < -0.39 is 11.9 Å². The van der Waals surface area contributed by atoms with Gasteiger partial charge < -0.3 is 10.1 Å². The predicted octanol–water partition coefficient (Wildman–Crippen LogP) is 4.61. The standard InChI is InChI=1S/C22H18INO3/c23-18-11-13-19(14-12-18)24-20(25)15-27-22(26)21(16-7-3-1-4-8-16)17-9-5-2-6-10-17/h1-14,21H,15H2,(H,24,25). The van der Waals surface area contributed by atoms with Gasteiger partial charge in [0.05, 0.1) is 0 Å². The number of halogens is 1. The molecule has 1 amide bonds. The fraction of sp³-hybridized carbons (Fsp3) is 0.0909. The number of amides is 1. The molecule has 5 heteroatoms. The van der Waals surface area contributed by atoms with E-state index in [1.165, 1.54) is 0 Å². The molecule has 3 aromatic carbocycles. The summed E-state index contributed by atoms with van der Waals surface area (Å²) in [4.78, 5) is 24.8. The number of carbonyl (C=O) groups is 2. The molecule has 0 aromatic heterocycles. The van der Waals surface area contributed by atoms with Crippen LogP contribution in [-0.2, 0) is 14.3 Å². The number of nitrogens with one attached hydrogen (secondary N) is 1. The van der Waals surface area contributed by atoms with Gasteiger partial charge in [-0.3, -0.25) is 9.59 Å². The van der Waals surface area contributed by atoms with Crippen LogP contribution in [-0.4, -0.2) is 18.5 Å². The Morgan fingerprint density at radius 2 is 1.33 bits per heavy atom. The maximum Gasteiger partial charge on any atom is 0.318 e. The molecule has 0 unspecified atom stereocenters. The minimum Gasteiger partial charge on any atom is -0.455 e. The highest BCUT2D eigenvalue weighted by molar-refractivity contribution is 14.1. The van der Waals surface area contributed by atoms with Crippen LogP contribution in [0.2, 0.25) is 0 Å². The first-order valence-electron chi connectivity index (χ1n) is 8.45. The maximum absolute atomic E-state index is 12.7. The summed E-state index contributed by atoms with van der Waals surface area (Å²) < 4.78 is 6.39. The summed E-state index contributed by atoms with van der Waals surface area (Å²) in [6.45, 7) is -0.332. The Bertz CT molecular complexity index is 856. The topological polar surface area (TPSA) is 55.4 Å². The minimum atomic E-state index is -0.571. The molecule has 0 saturated heterocycles. The van der Waals surface area contributed by atoms with E-state index in [-0.39, 0.29) is 12.5 Å². The average molecular weight is 471 g/mol. The van der Waals surface area contributed by atoms with Gasteiger partial charge in [0.1, 0.15) is 5.92 Å². The molecule has 1 N–H and O–H groups in total. The highest BCUT2D eigenvalue weighted by Gasteiger charge is 2.24. The van der Waals surface area contributed by atoms with E-state index in [0.29, 0.717) is 5.69 Å². The lowest BCUT2D eigenvalue weighted by Gasteiger charge is -2.17. The smallest absolute Gasteiger partial charge is 0.318 e. The Morgan fingerprint density at radius 3 is 1.85 bits per heavy atom. The van der Waals surface area contributed by atoms with Crippen LogP contribution < -0.4 is 5.32 Å². The number of benzene rings is 3. The zero-order chi connectivity index (χ0) is 19.1. The molecule has 0 saturated carbocycles. The summed E-state index contributed by atoms with van der Waals surface area (Å²) in [7, 11) is 0. The lowest BCUT2D eigenvalue weighted by Crippen LogP contribution is -2.24. The minimum absolute atomic E-state index is 0.332. The van der Waals surface area contributed by atoms with Gasteiger partial charge in [-0.05, 0) is 58.0 Å². The zero-order valence-electron chi connectivity index (χ0n) is 14.5. The predicted molar refractivity (Wildman–Crippen MR) is 113 cm³/mol. The molecule has 0 atom stereocenters.